The Labute approximate surface area is 119 Å². The normalized spacial score (nSPS) is 11.3. The number of ether oxygens (including phenoxy) is 2. The van der Waals surface area contributed by atoms with Crippen molar-refractivity contribution in [1.29, 1.82) is 0 Å². The van der Waals surface area contributed by atoms with Crippen molar-refractivity contribution in [3.05, 3.63) is 71.8 Å². The van der Waals surface area contributed by atoms with Crippen molar-refractivity contribution < 1.29 is 14.3 Å². The van der Waals surface area contributed by atoms with Gasteiger partial charge < -0.3 is 9.47 Å². The largest absolute Gasteiger partial charge is 0.349 e. The van der Waals surface area contributed by atoms with E-state index in [1.807, 2.05) is 48.5 Å². The summed E-state index contributed by atoms with van der Waals surface area (Å²) in [5.41, 5.74) is 1.48. The SMILES string of the molecule is COC(CC(=O)c1ccccc1)(OC)c1ccccc1. The van der Waals surface area contributed by atoms with Gasteiger partial charge in [-0.2, -0.15) is 0 Å². The molecule has 0 fully saturated rings. The average molecular weight is 270 g/mol. The van der Waals surface area contributed by atoms with Crippen LogP contribution in [0.25, 0.3) is 0 Å². The van der Waals surface area contributed by atoms with E-state index in [1.165, 1.54) is 0 Å². The van der Waals surface area contributed by atoms with Crippen molar-refractivity contribution in [2.24, 2.45) is 0 Å². The summed E-state index contributed by atoms with van der Waals surface area (Å²) in [5.74, 6) is -1.06. The number of rotatable bonds is 6. The van der Waals surface area contributed by atoms with Gasteiger partial charge in [-0.25, -0.2) is 0 Å². The molecule has 0 amide bonds. The molecule has 2 aromatic rings. The Bertz CT molecular complexity index is 545. The maximum Gasteiger partial charge on any atom is 0.201 e. The predicted octanol–water partition coefficient (Wildman–Crippen LogP) is 3.41. The molecule has 20 heavy (non-hydrogen) atoms. The Hall–Kier alpha value is -1.97. The van der Waals surface area contributed by atoms with Crippen LogP contribution in [0.15, 0.2) is 60.7 Å². The molecular weight excluding hydrogens is 252 g/mol. The van der Waals surface area contributed by atoms with Crippen LogP contribution in [0.5, 0.6) is 0 Å². The van der Waals surface area contributed by atoms with Crippen molar-refractivity contribution in [1.82, 2.24) is 0 Å². The fourth-order valence-electron chi connectivity index (χ4n) is 2.20. The summed E-state index contributed by atoms with van der Waals surface area (Å²) in [6, 6.07) is 18.7. The molecule has 3 heteroatoms. The number of ketones is 1. The number of methoxy groups -OCH3 is 2. The third kappa shape index (κ3) is 2.95. The molecule has 0 unspecified atom stereocenters. The van der Waals surface area contributed by atoms with Crippen LogP contribution in [-0.2, 0) is 15.3 Å². The molecule has 0 atom stereocenters. The first kappa shape index (κ1) is 14.4. The molecule has 104 valence electrons. The molecule has 0 radical (unpaired) electrons. The molecule has 0 saturated heterocycles. The molecule has 2 aromatic carbocycles. The summed E-state index contributed by atoms with van der Waals surface area (Å²) in [5, 5.41) is 0. The standard InChI is InChI=1S/C17H18O3/c1-19-17(20-2,15-11-7-4-8-12-15)13-16(18)14-9-5-3-6-10-14/h3-12H,13H2,1-2H3. The second-order valence-corrected chi connectivity index (χ2v) is 4.49. The monoisotopic (exact) mass is 270 g/mol. The van der Waals surface area contributed by atoms with Gasteiger partial charge in [0.25, 0.3) is 0 Å². The van der Waals surface area contributed by atoms with Gasteiger partial charge in [-0.3, -0.25) is 4.79 Å². The first-order valence-corrected chi connectivity index (χ1v) is 6.46. The van der Waals surface area contributed by atoms with E-state index in [0.717, 1.165) is 5.56 Å². The molecule has 0 spiro atoms. The zero-order valence-corrected chi connectivity index (χ0v) is 11.7. The fourth-order valence-corrected chi connectivity index (χ4v) is 2.20. The van der Waals surface area contributed by atoms with Crippen molar-refractivity contribution in [3.63, 3.8) is 0 Å². The molecule has 0 aliphatic carbocycles. The third-order valence-corrected chi connectivity index (χ3v) is 3.36. The van der Waals surface area contributed by atoms with E-state index < -0.39 is 5.79 Å². The fraction of sp³-hybridized carbons (Fsp3) is 0.235. The molecular formula is C17H18O3. The highest BCUT2D eigenvalue weighted by atomic mass is 16.7. The molecule has 0 N–H and O–H groups in total. The summed E-state index contributed by atoms with van der Waals surface area (Å²) in [6.45, 7) is 0. The van der Waals surface area contributed by atoms with E-state index >= 15 is 0 Å². The van der Waals surface area contributed by atoms with Gasteiger partial charge in [0.2, 0.25) is 5.79 Å². The van der Waals surface area contributed by atoms with Crippen LogP contribution >= 0.6 is 0 Å². The minimum absolute atomic E-state index is 0.0156. The van der Waals surface area contributed by atoms with Gasteiger partial charge >= 0.3 is 0 Å². The van der Waals surface area contributed by atoms with Crippen molar-refractivity contribution >= 4 is 5.78 Å². The van der Waals surface area contributed by atoms with Crippen LogP contribution in [-0.4, -0.2) is 20.0 Å². The summed E-state index contributed by atoms with van der Waals surface area (Å²) >= 11 is 0. The maximum absolute atomic E-state index is 12.4. The highest BCUT2D eigenvalue weighted by Gasteiger charge is 2.35. The molecule has 0 bridgehead atoms. The van der Waals surface area contributed by atoms with E-state index in [1.54, 1.807) is 26.4 Å². The lowest BCUT2D eigenvalue weighted by atomic mass is 9.96. The minimum atomic E-state index is -1.05. The van der Waals surface area contributed by atoms with Crippen molar-refractivity contribution in [2.45, 2.75) is 12.2 Å². The molecule has 0 saturated carbocycles. The third-order valence-electron chi connectivity index (χ3n) is 3.36. The van der Waals surface area contributed by atoms with E-state index in [0.29, 0.717) is 5.56 Å². The lowest BCUT2D eigenvalue weighted by molar-refractivity contribution is -0.212. The topological polar surface area (TPSA) is 35.5 Å². The van der Waals surface area contributed by atoms with E-state index in [9.17, 15) is 4.79 Å². The maximum atomic E-state index is 12.4. The van der Waals surface area contributed by atoms with Crippen LogP contribution in [0.1, 0.15) is 22.3 Å². The smallest absolute Gasteiger partial charge is 0.201 e. The Morgan fingerprint density at radius 3 is 1.90 bits per heavy atom. The van der Waals surface area contributed by atoms with Gasteiger partial charge in [0.15, 0.2) is 5.78 Å². The number of benzene rings is 2. The van der Waals surface area contributed by atoms with Crippen LogP contribution in [0.2, 0.25) is 0 Å². The zero-order valence-electron chi connectivity index (χ0n) is 11.7. The molecule has 2 rings (SSSR count). The van der Waals surface area contributed by atoms with Crippen LogP contribution in [0, 0.1) is 0 Å². The Kier molecular flexibility index (Phi) is 4.66. The number of hydrogen-bond donors (Lipinski definition) is 0. The van der Waals surface area contributed by atoms with Gasteiger partial charge in [-0.05, 0) is 0 Å². The number of carbonyl (C=O) groups is 1. The predicted molar refractivity (Wildman–Crippen MR) is 77.5 cm³/mol. The molecule has 3 nitrogen and oxygen atoms in total. The molecule has 0 aliphatic heterocycles. The van der Waals surface area contributed by atoms with Gasteiger partial charge in [0.05, 0.1) is 6.42 Å². The number of carbonyl (C=O) groups excluding carboxylic acids is 1. The van der Waals surface area contributed by atoms with E-state index in [4.69, 9.17) is 9.47 Å². The van der Waals surface area contributed by atoms with Gasteiger partial charge in [-0.15, -0.1) is 0 Å². The highest BCUT2D eigenvalue weighted by molar-refractivity contribution is 5.96. The minimum Gasteiger partial charge on any atom is -0.349 e. The highest BCUT2D eigenvalue weighted by Crippen LogP contribution is 2.31. The van der Waals surface area contributed by atoms with Crippen LogP contribution in [0.3, 0.4) is 0 Å². The summed E-state index contributed by atoms with van der Waals surface area (Å²) in [4.78, 5) is 12.4. The van der Waals surface area contributed by atoms with E-state index in [-0.39, 0.29) is 12.2 Å². The Morgan fingerprint density at radius 1 is 0.900 bits per heavy atom. The molecule has 0 heterocycles. The summed E-state index contributed by atoms with van der Waals surface area (Å²) in [6.07, 6.45) is 0.133. The van der Waals surface area contributed by atoms with E-state index in [2.05, 4.69) is 0 Å². The number of Topliss-reactive ketones (excluding diaryl/α,β-unsaturated/α-hetero) is 1. The Balaban J connectivity index is 2.29. The van der Waals surface area contributed by atoms with Gasteiger partial charge in [0.1, 0.15) is 0 Å². The summed E-state index contributed by atoms with van der Waals surface area (Å²) < 4.78 is 11.0. The zero-order chi connectivity index (χ0) is 14.4. The second-order valence-electron chi connectivity index (χ2n) is 4.49. The van der Waals surface area contributed by atoms with Gasteiger partial charge in [-0.1, -0.05) is 60.7 Å². The average Bonchev–Trinajstić information content (AvgIpc) is 2.54. The van der Waals surface area contributed by atoms with Crippen LogP contribution < -0.4 is 0 Å². The quantitative estimate of drug-likeness (QED) is 0.596. The first-order valence-electron chi connectivity index (χ1n) is 6.46. The lowest BCUT2D eigenvalue weighted by Crippen LogP contribution is -2.33. The first-order chi connectivity index (χ1) is 9.72. The molecule has 0 aromatic heterocycles. The number of hydrogen-bond acceptors (Lipinski definition) is 3. The second kappa shape index (κ2) is 6.46. The van der Waals surface area contributed by atoms with Crippen molar-refractivity contribution in [3.8, 4) is 0 Å². The summed E-state index contributed by atoms with van der Waals surface area (Å²) in [7, 11) is 3.10. The van der Waals surface area contributed by atoms with Gasteiger partial charge in [0, 0.05) is 25.3 Å². The lowest BCUT2D eigenvalue weighted by Gasteiger charge is -2.30. The Morgan fingerprint density at radius 2 is 1.40 bits per heavy atom. The molecule has 0 aliphatic rings. The van der Waals surface area contributed by atoms with Crippen molar-refractivity contribution in [2.75, 3.05) is 14.2 Å². The van der Waals surface area contributed by atoms with Crippen LogP contribution in [0.4, 0.5) is 0 Å².